The van der Waals surface area contributed by atoms with E-state index in [1.54, 1.807) is 6.07 Å². The molecule has 5 heteroatoms. The van der Waals surface area contributed by atoms with Gasteiger partial charge in [-0.05, 0) is 29.8 Å². The highest BCUT2D eigenvalue weighted by Crippen LogP contribution is 2.32. The van der Waals surface area contributed by atoms with Crippen LogP contribution in [0, 0.1) is 0 Å². The fourth-order valence-electron chi connectivity index (χ4n) is 2.87. The first-order valence-electron chi connectivity index (χ1n) is 7.51. The molecular formula is C19H13BrClNO2. The molecule has 2 aromatic carbocycles. The first-order valence-corrected chi connectivity index (χ1v) is 8.81. The van der Waals surface area contributed by atoms with Crippen LogP contribution in [-0.4, -0.2) is 4.57 Å². The topological polar surface area (TPSA) is 35.1 Å². The van der Waals surface area contributed by atoms with E-state index < -0.39 is 0 Å². The Bertz CT molecular complexity index is 1090. The second-order valence-corrected chi connectivity index (χ2v) is 7.54. The minimum Gasteiger partial charge on any atom is -0.439 e. The van der Waals surface area contributed by atoms with Crippen LogP contribution in [0.15, 0.2) is 64.1 Å². The van der Waals surface area contributed by atoms with Gasteiger partial charge >= 0.3 is 0 Å². The number of alkyl halides is 1. The van der Waals surface area contributed by atoms with Crippen LogP contribution in [0.2, 0.25) is 5.02 Å². The summed E-state index contributed by atoms with van der Waals surface area (Å²) in [7, 11) is 0. The Balaban J connectivity index is 2.01. The van der Waals surface area contributed by atoms with Crippen LogP contribution in [-0.2, 0) is 0 Å². The third-order valence-electron chi connectivity index (χ3n) is 4.04. The lowest BCUT2D eigenvalue weighted by atomic mass is 10.1. The summed E-state index contributed by atoms with van der Waals surface area (Å²) in [5, 5.41) is 3.19. The molecule has 4 rings (SSSR count). The maximum atomic E-state index is 12.6. The minimum absolute atomic E-state index is 0.0147. The van der Waals surface area contributed by atoms with Crippen LogP contribution in [0.5, 0.6) is 0 Å². The molecule has 0 bridgehead atoms. The van der Waals surface area contributed by atoms with E-state index in [0.29, 0.717) is 21.9 Å². The molecule has 0 fully saturated rings. The summed E-state index contributed by atoms with van der Waals surface area (Å²) in [6.07, 6.45) is 3.90. The zero-order chi connectivity index (χ0) is 16.8. The molecule has 24 heavy (non-hydrogen) atoms. The summed E-state index contributed by atoms with van der Waals surface area (Å²) in [6.45, 7) is 1.97. The average molecular weight is 403 g/mol. The fraction of sp³-hybridized carbons (Fsp3) is 0.105. The molecule has 0 spiro atoms. The van der Waals surface area contributed by atoms with Gasteiger partial charge in [-0.2, -0.15) is 0 Å². The van der Waals surface area contributed by atoms with Crippen molar-refractivity contribution in [2.75, 3.05) is 0 Å². The molecule has 0 aliphatic heterocycles. The first-order chi connectivity index (χ1) is 11.5. The van der Waals surface area contributed by atoms with Crippen LogP contribution in [0.1, 0.15) is 17.3 Å². The molecule has 0 radical (unpaired) electrons. The van der Waals surface area contributed by atoms with Crippen molar-refractivity contribution in [3.63, 3.8) is 0 Å². The predicted octanol–water partition coefficient (Wildman–Crippen LogP) is 5.85. The van der Waals surface area contributed by atoms with E-state index in [1.807, 2.05) is 54.2 Å². The lowest BCUT2D eigenvalue weighted by Gasteiger charge is -2.10. The molecular weight excluding hydrogens is 390 g/mol. The van der Waals surface area contributed by atoms with Crippen molar-refractivity contribution < 1.29 is 4.42 Å². The van der Waals surface area contributed by atoms with Crippen molar-refractivity contribution in [3.05, 3.63) is 75.7 Å². The number of halogens is 2. The average Bonchev–Trinajstić information content (AvgIpc) is 2.98. The van der Waals surface area contributed by atoms with Crippen LogP contribution >= 0.6 is 27.5 Å². The Labute approximate surface area is 151 Å². The van der Waals surface area contributed by atoms with Crippen molar-refractivity contribution in [2.24, 2.45) is 0 Å². The summed E-state index contributed by atoms with van der Waals surface area (Å²) in [4.78, 5) is 12.6. The van der Waals surface area contributed by atoms with Gasteiger partial charge in [-0.1, -0.05) is 51.8 Å². The maximum Gasteiger partial charge on any atom is 0.208 e. The second kappa shape index (κ2) is 5.80. The third-order valence-corrected chi connectivity index (χ3v) is 4.76. The zero-order valence-electron chi connectivity index (χ0n) is 12.8. The molecule has 0 saturated heterocycles. The van der Waals surface area contributed by atoms with E-state index in [4.69, 9.17) is 16.0 Å². The van der Waals surface area contributed by atoms with E-state index in [-0.39, 0.29) is 10.3 Å². The van der Waals surface area contributed by atoms with Gasteiger partial charge in [-0.25, -0.2) is 0 Å². The standard InChI is InChI=1S/C19H13BrClNO2/c1-11(20)15-6-14(21)7-16-17(23)8-18(24-19(15)16)22-9-12-4-2-3-5-13(12)10-22/h2-11H,1H3. The second-order valence-electron chi connectivity index (χ2n) is 5.73. The quantitative estimate of drug-likeness (QED) is 0.394. The molecule has 0 aliphatic carbocycles. The Hall–Kier alpha value is -2.04. The molecule has 0 saturated carbocycles. The van der Waals surface area contributed by atoms with E-state index in [0.717, 1.165) is 16.3 Å². The number of fused-ring (bicyclic) bond motifs is 2. The van der Waals surface area contributed by atoms with Crippen molar-refractivity contribution in [1.29, 1.82) is 0 Å². The Kier molecular flexibility index (Phi) is 3.74. The van der Waals surface area contributed by atoms with Gasteiger partial charge in [0.25, 0.3) is 0 Å². The summed E-state index contributed by atoms with van der Waals surface area (Å²) >= 11 is 9.69. The predicted molar refractivity (Wildman–Crippen MR) is 102 cm³/mol. The van der Waals surface area contributed by atoms with Crippen molar-refractivity contribution in [2.45, 2.75) is 11.8 Å². The molecule has 0 aliphatic rings. The largest absolute Gasteiger partial charge is 0.439 e. The van der Waals surface area contributed by atoms with Gasteiger partial charge in [0.1, 0.15) is 5.58 Å². The summed E-state index contributed by atoms with van der Waals surface area (Å²) in [5.41, 5.74) is 1.30. The van der Waals surface area contributed by atoms with Gasteiger partial charge < -0.3 is 4.42 Å². The van der Waals surface area contributed by atoms with Crippen molar-refractivity contribution >= 4 is 49.3 Å². The summed E-state index contributed by atoms with van der Waals surface area (Å²) in [5.74, 6) is 0.487. The van der Waals surface area contributed by atoms with Gasteiger partial charge in [0.15, 0.2) is 5.43 Å². The zero-order valence-corrected chi connectivity index (χ0v) is 15.1. The maximum absolute atomic E-state index is 12.6. The van der Waals surface area contributed by atoms with Gasteiger partial charge in [0.2, 0.25) is 5.88 Å². The van der Waals surface area contributed by atoms with Gasteiger partial charge in [0, 0.05) is 33.9 Å². The van der Waals surface area contributed by atoms with E-state index in [1.165, 1.54) is 6.07 Å². The monoisotopic (exact) mass is 401 g/mol. The number of nitrogens with zero attached hydrogens (tertiary/aromatic N) is 1. The molecule has 4 aromatic rings. The van der Waals surface area contributed by atoms with E-state index in [2.05, 4.69) is 15.9 Å². The number of benzene rings is 2. The number of aromatic nitrogens is 1. The molecule has 3 nitrogen and oxygen atoms in total. The minimum atomic E-state index is -0.110. The van der Waals surface area contributed by atoms with Gasteiger partial charge in [-0.3, -0.25) is 9.36 Å². The summed E-state index contributed by atoms with van der Waals surface area (Å²) in [6, 6.07) is 13.0. The van der Waals surface area contributed by atoms with Crippen LogP contribution in [0.25, 0.3) is 27.6 Å². The smallest absolute Gasteiger partial charge is 0.208 e. The lowest BCUT2D eigenvalue weighted by molar-refractivity contribution is 0.565. The molecule has 0 N–H and O–H groups in total. The number of rotatable bonds is 2. The molecule has 2 aromatic heterocycles. The lowest BCUT2D eigenvalue weighted by Crippen LogP contribution is -2.05. The highest BCUT2D eigenvalue weighted by Gasteiger charge is 2.15. The van der Waals surface area contributed by atoms with Crippen molar-refractivity contribution in [3.8, 4) is 5.88 Å². The Morgan fingerprint density at radius 1 is 1.12 bits per heavy atom. The normalized spacial score (nSPS) is 12.8. The Morgan fingerprint density at radius 3 is 2.42 bits per heavy atom. The van der Waals surface area contributed by atoms with Gasteiger partial charge in [-0.15, -0.1) is 0 Å². The molecule has 2 heterocycles. The molecule has 1 atom stereocenters. The Morgan fingerprint density at radius 2 is 1.79 bits per heavy atom. The van der Waals surface area contributed by atoms with E-state index in [9.17, 15) is 4.79 Å². The molecule has 120 valence electrons. The molecule has 0 amide bonds. The van der Waals surface area contributed by atoms with Crippen molar-refractivity contribution in [1.82, 2.24) is 4.57 Å². The number of hydrogen-bond acceptors (Lipinski definition) is 2. The third kappa shape index (κ3) is 2.56. The number of hydrogen-bond donors (Lipinski definition) is 0. The van der Waals surface area contributed by atoms with Crippen LogP contribution < -0.4 is 5.43 Å². The highest BCUT2D eigenvalue weighted by molar-refractivity contribution is 9.09. The molecule has 1 unspecified atom stereocenters. The fourth-order valence-corrected chi connectivity index (χ4v) is 3.44. The van der Waals surface area contributed by atoms with Crippen LogP contribution in [0.3, 0.4) is 0 Å². The first kappa shape index (κ1) is 15.5. The van der Waals surface area contributed by atoms with Crippen LogP contribution in [0.4, 0.5) is 0 Å². The van der Waals surface area contributed by atoms with E-state index >= 15 is 0 Å². The van der Waals surface area contributed by atoms with Gasteiger partial charge in [0.05, 0.1) is 5.39 Å². The summed E-state index contributed by atoms with van der Waals surface area (Å²) < 4.78 is 7.92. The SMILES string of the molecule is CC(Br)c1cc(Cl)cc2c(=O)cc(-n3cc4ccccc4c3)oc12. The highest BCUT2D eigenvalue weighted by atomic mass is 79.9.